The minimum absolute atomic E-state index is 0.00537. The molecule has 0 aromatic heterocycles. The number of carbonyl (C=O) groups excluding carboxylic acids is 1. The summed E-state index contributed by atoms with van der Waals surface area (Å²) in [7, 11) is 0. The third-order valence-electron chi connectivity index (χ3n) is 3.79. The van der Waals surface area contributed by atoms with E-state index in [1.54, 1.807) is 6.07 Å². The topological polar surface area (TPSA) is 32.3 Å². The van der Waals surface area contributed by atoms with Gasteiger partial charge in [-0.05, 0) is 48.7 Å². The van der Waals surface area contributed by atoms with Gasteiger partial charge in [-0.25, -0.2) is 13.2 Å². The third kappa shape index (κ3) is 3.47. The van der Waals surface area contributed by atoms with Crippen molar-refractivity contribution in [2.24, 2.45) is 0 Å². The minimum Gasteiger partial charge on any atom is -0.362 e. The fraction of sp³-hybridized carbons (Fsp3) is 0.235. The predicted octanol–water partition coefficient (Wildman–Crippen LogP) is 3.50. The van der Waals surface area contributed by atoms with E-state index in [2.05, 4.69) is 5.32 Å². The fourth-order valence-corrected chi connectivity index (χ4v) is 2.76. The van der Waals surface area contributed by atoms with Crippen LogP contribution in [0.5, 0.6) is 0 Å². The molecule has 1 aliphatic rings. The van der Waals surface area contributed by atoms with Crippen LogP contribution in [0.15, 0.2) is 36.4 Å². The first-order chi connectivity index (χ1) is 11.0. The molecule has 2 aromatic carbocycles. The summed E-state index contributed by atoms with van der Waals surface area (Å²) < 4.78 is 40.0. The Kier molecular flexibility index (Phi) is 4.23. The number of nitrogens with zero attached hydrogens (tertiary/aromatic N) is 1. The molecular formula is C17H15F3N2O. The predicted molar refractivity (Wildman–Crippen MR) is 81.9 cm³/mol. The summed E-state index contributed by atoms with van der Waals surface area (Å²) in [5.41, 5.74) is 1.46. The summed E-state index contributed by atoms with van der Waals surface area (Å²) in [6.45, 7) is 0.645. The first-order valence-corrected chi connectivity index (χ1v) is 7.31. The third-order valence-corrected chi connectivity index (χ3v) is 3.79. The van der Waals surface area contributed by atoms with Crippen LogP contribution in [-0.2, 0) is 11.2 Å². The molecule has 0 unspecified atom stereocenters. The van der Waals surface area contributed by atoms with Crippen LogP contribution >= 0.6 is 0 Å². The van der Waals surface area contributed by atoms with Gasteiger partial charge in [-0.1, -0.05) is 0 Å². The highest BCUT2D eigenvalue weighted by molar-refractivity contribution is 5.94. The molecule has 120 valence electrons. The SMILES string of the molecule is O=C(CN1CCCc2cc(F)ccc21)Nc1cc(F)ccc1F. The average Bonchev–Trinajstić information content (AvgIpc) is 2.51. The molecule has 6 heteroatoms. The van der Waals surface area contributed by atoms with E-state index >= 15 is 0 Å². The van der Waals surface area contributed by atoms with Gasteiger partial charge in [0.05, 0.1) is 12.2 Å². The van der Waals surface area contributed by atoms with Crippen molar-refractivity contribution in [3.8, 4) is 0 Å². The average molecular weight is 320 g/mol. The van der Waals surface area contributed by atoms with Crippen molar-refractivity contribution >= 4 is 17.3 Å². The summed E-state index contributed by atoms with van der Waals surface area (Å²) >= 11 is 0. The molecule has 0 atom stereocenters. The first-order valence-electron chi connectivity index (χ1n) is 7.31. The maximum Gasteiger partial charge on any atom is 0.243 e. The van der Waals surface area contributed by atoms with Crippen LogP contribution in [0.25, 0.3) is 0 Å². The lowest BCUT2D eigenvalue weighted by Crippen LogP contribution is -2.37. The Morgan fingerprint density at radius 2 is 1.83 bits per heavy atom. The lowest BCUT2D eigenvalue weighted by Gasteiger charge is -2.30. The maximum absolute atomic E-state index is 13.6. The molecule has 0 radical (unpaired) electrons. The first kappa shape index (κ1) is 15.4. The van der Waals surface area contributed by atoms with Gasteiger partial charge in [0.15, 0.2) is 0 Å². The zero-order valence-electron chi connectivity index (χ0n) is 12.3. The fourth-order valence-electron chi connectivity index (χ4n) is 2.76. The van der Waals surface area contributed by atoms with E-state index < -0.39 is 17.5 Å². The molecular weight excluding hydrogens is 305 g/mol. The summed E-state index contributed by atoms with van der Waals surface area (Å²) in [6, 6.07) is 7.34. The monoisotopic (exact) mass is 320 g/mol. The number of hydrogen-bond acceptors (Lipinski definition) is 2. The Hall–Kier alpha value is -2.50. The van der Waals surface area contributed by atoms with Gasteiger partial charge < -0.3 is 10.2 Å². The molecule has 1 aliphatic heterocycles. The Labute approximate surface area is 131 Å². The number of rotatable bonds is 3. The standard InChI is InChI=1S/C17H15F3N2O/c18-12-4-6-16-11(8-12)2-1-7-22(16)10-17(23)21-15-9-13(19)3-5-14(15)20/h3-6,8-9H,1-2,7,10H2,(H,21,23). The molecule has 3 rings (SSSR count). The van der Waals surface area contributed by atoms with E-state index in [0.29, 0.717) is 6.54 Å². The van der Waals surface area contributed by atoms with Crippen molar-refractivity contribution in [3.05, 3.63) is 59.4 Å². The van der Waals surface area contributed by atoms with Crippen LogP contribution in [0.3, 0.4) is 0 Å². The van der Waals surface area contributed by atoms with Crippen LogP contribution in [0.2, 0.25) is 0 Å². The minimum atomic E-state index is -0.694. The molecule has 0 aliphatic carbocycles. The van der Waals surface area contributed by atoms with Gasteiger partial charge in [0.25, 0.3) is 0 Å². The summed E-state index contributed by atoms with van der Waals surface area (Å²) in [5, 5.41) is 2.37. The summed E-state index contributed by atoms with van der Waals surface area (Å²) in [5.74, 6) is -2.08. The van der Waals surface area contributed by atoms with Gasteiger partial charge in [-0.3, -0.25) is 4.79 Å². The number of nitrogens with one attached hydrogen (secondary N) is 1. The van der Waals surface area contributed by atoms with E-state index in [0.717, 1.165) is 42.3 Å². The largest absolute Gasteiger partial charge is 0.362 e. The van der Waals surface area contributed by atoms with Crippen LogP contribution in [0.1, 0.15) is 12.0 Å². The van der Waals surface area contributed by atoms with Gasteiger partial charge in [0.1, 0.15) is 17.5 Å². The number of benzene rings is 2. The van der Waals surface area contributed by atoms with Crippen LogP contribution in [0, 0.1) is 17.5 Å². The van der Waals surface area contributed by atoms with E-state index in [1.807, 2.05) is 4.90 Å². The molecule has 0 saturated heterocycles. The second-order valence-corrected chi connectivity index (χ2v) is 5.47. The van der Waals surface area contributed by atoms with Crippen molar-refractivity contribution in [2.75, 3.05) is 23.3 Å². The summed E-state index contributed by atoms with van der Waals surface area (Å²) in [4.78, 5) is 13.9. The quantitative estimate of drug-likeness (QED) is 0.939. The van der Waals surface area contributed by atoms with Gasteiger partial charge in [0.2, 0.25) is 5.91 Å². The second kappa shape index (κ2) is 6.32. The molecule has 0 bridgehead atoms. The Morgan fingerprint density at radius 3 is 2.65 bits per heavy atom. The normalized spacial score (nSPS) is 13.6. The number of amides is 1. The van der Waals surface area contributed by atoms with E-state index in [-0.39, 0.29) is 18.0 Å². The van der Waals surface area contributed by atoms with E-state index in [1.165, 1.54) is 12.1 Å². The van der Waals surface area contributed by atoms with Crippen molar-refractivity contribution < 1.29 is 18.0 Å². The van der Waals surface area contributed by atoms with Gasteiger partial charge in [-0.2, -0.15) is 0 Å². The molecule has 2 aromatic rings. The maximum atomic E-state index is 13.6. The highest BCUT2D eigenvalue weighted by Gasteiger charge is 2.20. The molecule has 1 N–H and O–H groups in total. The van der Waals surface area contributed by atoms with Crippen molar-refractivity contribution in [1.82, 2.24) is 0 Å². The molecule has 1 amide bonds. The van der Waals surface area contributed by atoms with E-state index in [9.17, 15) is 18.0 Å². The lowest BCUT2D eigenvalue weighted by atomic mass is 10.0. The number of halogens is 3. The van der Waals surface area contributed by atoms with Gasteiger partial charge >= 0.3 is 0 Å². The number of carbonyl (C=O) groups is 1. The Balaban J connectivity index is 1.73. The Bertz CT molecular complexity index is 749. The molecule has 0 spiro atoms. The highest BCUT2D eigenvalue weighted by atomic mass is 19.1. The lowest BCUT2D eigenvalue weighted by molar-refractivity contribution is -0.115. The number of fused-ring (bicyclic) bond motifs is 1. The molecule has 23 heavy (non-hydrogen) atoms. The molecule has 1 heterocycles. The van der Waals surface area contributed by atoms with Crippen LogP contribution < -0.4 is 10.2 Å². The number of anilines is 2. The Morgan fingerprint density at radius 1 is 1.09 bits per heavy atom. The van der Waals surface area contributed by atoms with Crippen molar-refractivity contribution in [1.29, 1.82) is 0 Å². The summed E-state index contributed by atoms with van der Waals surface area (Å²) in [6.07, 6.45) is 1.56. The number of aryl methyl sites for hydroxylation is 1. The second-order valence-electron chi connectivity index (χ2n) is 5.47. The van der Waals surface area contributed by atoms with Crippen molar-refractivity contribution in [3.63, 3.8) is 0 Å². The zero-order valence-corrected chi connectivity index (χ0v) is 12.3. The highest BCUT2D eigenvalue weighted by Crippen LogP contribution is 2.27. The molecule has 0 fully saturated rings. The van der Waals surface area contributed by atoms with Crippen molar-refractivity contribution in [2.45, 2.75) is 12.8 Å². The number of hydrogen-bond donors (Lipinski definition) is 1. The molecule has 0 saturated carbocycles. The molecule has 3 nitrogen and oxygen atoms in total. The smallest absolute Gasteiger partial charge is 0.243 e. The van der Waals surface area contributed by atoms with E-state index in [4.69, 9.17) is 0 Å². The van der Waals surface area contributed by atoms with Crippen LogP contribution in [-0.4, -0.2) is 19.0 Å². The van der Waals surface area contributed by atoms with Gasteiger partial charge in [-0.15, -0.1) is 0 Å². The zero-order chi connectivity index (χ0) is 16.4. The van der Waals surface area contributed by atoms with Crippen LogP contribution in [0.4, 0.5) is 24.5 Å². The van der Waals surface area contributed by atoms with Gasteiger partial charge in [0, 0.05) is 18.3 Å².